The number of nitrogens with zero attached hydrogens (tertiary/aromatic N) is 3. The number of rotatable bonds is 4. The van der Waals surface area contributed by atoms with Gasteiger partial charge in [0, 0.05) is 25.2 Å². The topological polar surface area (TPSA) is 74.9 Å². The monoisotopic (exact) mass is 301 g/mol. The number of aliphatic carboxylic acids is 1. The molecule has 3 heterocycles. The van der Waals surface area contributed by atoms with Gasteiger partial charge in [0.05, 0.1) is 17.3 Å². The molecule has 22 heavy (non-hydrogen) atoms. The second-order valence-corrected chi connectivity index (χ2v) is 5.67. The summed E-state index contributed by atoms with van der Waals surface area (Å²) in [6.07, 6.45) is 6.91. The highest BCUT2D eigenvalue weighted by Crippen LogP contribution is 2.24. The van der Waals surface area contributed by atoms with Crippen molar-refractivity contribution in [2.45, 2.75) is 38.1 Å². The second kappa shape index (κ2) is 6.17. The molecular weight excluding hydrogens is 282 g/mol. The summed E-state index contributed by atoms with van der Waals surface area (Å²) in [5, 5.41) is 13.1. The molecule has 1 unspecified atom stereocenters. The SMILES string of the molecule is O=C(O)CCC1CCCCN1C(=O)c1cnn2ccccc12. The van der Waals surface area contributed by atoms with Crippen molar-refractivity contribution in [1.29, 1.82) is 0 Å². The van der Waals surface area contributed by atoms with Crippen molar-refractivity contribution in [3.8, 4) is 0 Å². The number of pyridine rings is 1. The van der Waals surface area contributed by atoms with Gasteiger partial charge < -0.3 is 10.0 Å². The van der Waals surface area contributed by atoms with Gasteiger partial charge in [-0.05, 0) is 37.8 Å². The van der Waals surface area contributed by atoms with Crippen molar-refractivity contribution in [2.24, 2.45) is 0 Å². The fourth-order valence-corrected chi connectivity index (χ4v) is 3.11. The molecule has 1 atom stereocenters. The van der Waals surface area contributed by atoms with E-state index in [1.54, 1.807) is 10.7 Å². The van der Waals surface area contributed by atoms with Gasteiger partial charge in [-0.25, -0.2) is 4.52 Å². The van der Waals surface area contributed by atoms with Crippen LogP contribution in [0.3, 0.4) is 0 Å². The standard InChI is InChI=1S/C16H19N3O3/c20-15(21)8-7-12-5-1-3-9-18(12)16(22)13-11-17-19-10-4-2-6-14(13)19/h2,4,6,10-12H,1,3,5,7-9H2,(H,20,21). The zero-order valence-electron chi connectivity index (χ0n) is 12.3. The average Bonchev–Trinajstić information content (AvgIpc) is 2.96. The Morgan fingerprint density at radius 2 is 2.18 bits per heavy atom. The summed E-state index contributed by atoms with van der Waals surface area (Å²) >= 11 is 0. The lowest BCUT2D eigenvalue weighted by molar-refractivity contribution is -0.137. The van der Waals surface area contributed by atoms with Crippen LogP contribution in [0.25, 0.3) is 5.52 Å². The van der Waals surface area contributed by atoms with E-state index in [1.165, 1.54) is 0 Å². The number of amides is 1. The van der Waals surface area contributed by atoms with Gasteiger partial charge in [0.1, 0.15) is 0 Å². The van der Waals surface area contributed by atoms with E-state index in [9.17, 15) is 9.59 Å². The Labute approximate surface area is 128 Å². The third-order valence-corrected chi connectivity index (χ3v) is 4.24. The van der Waals surface area contributed by atoms with E-state index >= 15 is 0 Å². The van der Waals surface area contributed by atoms with E-state index in [2.05, 4.69) is 5.10 Å². The van der Waals surface area contributed by atoms with Crippen LogP contribution in [0.4, 0.5) is 0 Å². The third kappa shape index (κ3) is 2.81. The van der Waals surface area contributed by atoms with Crippen LogP contribution in [-0.2, 0) is 4.79 Å². The minimum atomic E-state index is -0.811. The van der Waals surface area contributed by atoms with Crippen LogP contribution in [0.1, 0.15) is 42.5 Å². The van der Waals surface area contributed by atoms with E-state index in [4.69, 9.17) is 5.11 Å². The molecule has 0 aromatic carbocycles. The summed E-state index contributed by atoms with van der Waals surface area (Å²) < 4.78 is 1.68. The van der Waals surface area contributed by atoms with Crippen molar-refractivity contribution in [3.63, 3.8) is 0 Å². The van der Waals surface area contributed by atoms with E-state index in [-0.39, 0.29) is 18.4 Å². The van der Waals surface area contributed by atoms with Crippen LogP contribution in [-0.4, -0.2) is 44.1 Å². The minimum Gasteiger partial charge on any atom is -0.481 e. The second-order valence-electron chi connectivity index (χ2n) is 5.67. The number of fused-ring (bicyclic) bond motifs is 1. The van der Waals surface area contributed by atoms with Crippen molar-refractivity contribution in [1.82, 2.24) is 14.5 Å². The molecule has 0 spiro atoms. The van der Waals surface area contributed by atoms with Crippen molar-refractivity contribution < 1.29 is 14.7 Å². The maximum atomic E-state index is 12.9. The smallest absolute Gasteiger partial charge is 0.303 e. The molecule has 1 aliphatic rings. The van der Waals surface area contributed by atoms with E-state index in [0.717, 1.165) is 24.8 Å². The predicted octanol–water partition coefficient (Wildman–Crippen LogP) is 2.19. The van der Waals surface area contributed by atoms with Crippen molar-refractivity contribution in [3.05, 3.63) is 36.2 Å². The molecule has 0 aliphatic carbocycles. The number of carbonyl (C=O) groups excluding carboxylic acids is 1. The Morgan fingerprint density at radius 3 is 3.00 bits per heavy atom. The van der Waals surface area contributed by atoms with Crippen molar-refractivity contribution >= 4 is 17.4 Å². The van der Waals surface area contributed by atoms with E-state index in [1.807, 2.05) is 29.3 Å². The van der Waals surface area contributed by atoms with E-state index in [0.29, 0.717) is 18.5 Å². The number of carbonyl (C=O) groups is 2. The van der Waals surface area contributed by atoms with Gasteiger partial charge >= 0.3 is 5.97 Å². The highest BCUT2D eigenvalue weighted by Gasteiger charge is 2.29. The first-order valence-electron chi connectivity index (χ1n) is 7.62. The van der Waals surface area contributed by atoms with Crippen molar-refractivity contribution in [2.75, 3.05) is 6.54 Å². The first kappa shape index (κ1) is 14.6. The molecule has 1 aliphatic heterocycles. The lowest BCUT2D eigenvalue weighted by Gasteiger charge is -2.35. The summed E-state index contributed by atoms with van der Waals surface area (Å²) in [7, 11) is 0. The Bertz CT molecular complexity index is 695. The average molecular weight is 301 g/mol. The molecule has 116 valence electrons. The number of likely N-dealkylation sites (tertiary alicyclic amines) is 1. The molecule has 1 amide bonds. The number of aromatic nitrogens is 2. The van der Waals surface area contributed by atoms with Gasteiger partial charge in [-0.3, -0.25) is 9.59 Å². The highest BCUT2D eigenvalue weighted by molar-refractivity contribution is 6.00. The Kier molecular flexibility index (Phi) is 4.09. The molecule has 1 N–H and O–H groups in total. The molecule has 0 radical (unpaired) electrons. The summed E-state index contributed by atoms with van der Waals surface area (Å²) in [4.78, 5) is 25.5. The first-order valence-corrected chi connectivity index (χ1v) is 7.62. The molecule has 2 aromatic heterocycles. The van der Waals surface area contributed by atoms with Crippen LogP contribution < -0.4 is 0 Å². The number of carboxylic acids is 1. The lowest BCUT2D eigenvalue weighted by Crippen LogP contribution is -2.43. The van der Waals surface area contributed by atoms with Gasteiger partial charge in [-0.2, -0.15) is 5.10 Å². The predicted molar refractivity (Wildman–Crippen MR) is 80.7 cm³/mol. The third-order valence-electron chi connectivity index (χ3n) is 4.24. The molecule has 3 rings (SSSR count). The Morgan fingerprint density at radius 1 is 1.32 bits per heavy atom. The maximum absolute atomic E-state index is 12.9. The summed E-state index contributed by atoms with van der Waals surface area (Å²) in [5.41, 5.74) is 1.37. The number of carboxylic acid groups (broad SMARTS) is 1. The Hall–Kier alpha value is -2.37. The molecule has 0 bridgehead atoms. The fourth-order valence-electron chi connectivity index (χ4n) is 3.11. The molecule has 6 heteroatoms. The fraction of sp³-hybridized carbons (Fsp3) is 0.438. The maximum Gasteiger partial charge on any atom is 0.303 e. The number of hydrogen-bond donors (Lipinski definition) is 1. The molecule has 1 fully saturated rings. The molecule has 0 saturated carbocycles. The van der Waals surface area contributed by atoms with Gasteiger partial charge in [0.25, 0.3) is 5.91 Å². The highest BCUT2D eigenvalue weighted by atomic mass is 16.4. The summed E-state index contributed by atoms with van der Waals surface area (Å²) in [6.45, 7) is 0.688. The number of hydrogen-bond acceptors (Lipinski definition) is 3. The molecule has 1 saturated heterocycles. The first-order chi connectivity index (χ1) is 10.7. The van der Waals surface area contributed by atoms with Crippen LogP contribution in [0.15, 0.2) is 30.6 Å². The normalized spacial score (nSPS) is 18.5. The summed E-state index contributed by atoms with van der Waals surface area (Å²) in [6, 6.07) is 5.63. The van der Waals surface area contributed by atoms with Gasteiger partial charge in [-0.1, -0.05) is 6.07 Å². The zero-order chi connectivity index (χ0) is 15.5. The van der Waals surface area contributed by atoms with Gasteiger partial charge in [0.15, 0.2) is 0 Å². The number of piperidine rings is 1. The Balaban J connectivity index is 1.83. The van der Waals surface area contributed by atoms with Crippen LogP contribution in [0, 0.1) is 0 Å². The van der Waals surface area contributed by atoms with Crippen LogP contribution in [0.2, 0.25) is 0 Å². The molecular formula is C16H19N3O3. The van der Waals surface area contributed by atoms with E-state index < -0.39 is 5.97 Å². The van der Waals surface area contributed by atoms with Crippen LogP contribution >= 0.6 is 0 Å². The van der Waals surface area contributed by atoms with Gasteiger partial charge in [-0.15, -0.1) is 0 Å². The minimum absolute atomic E-state index is 0.0102. The quantitative estimate of drug-likeness (QED) is 0.939. The lowest BCUT2D eigenvalue weighted by atomic mass is 9.97. The van der Waals surface area contributed by atoms with Gasteiger partial charge in [0.2, 0.25) is 0 Å². The largest absolute Gasteiger partial charge is 0.481 e. The van der Waals surface area contributed by atoms with Crippen LogP contribution in [0.5, 0.6) is 0 Å². The summed E-state index contributed by atoms with van der Waals surface area (Å²) in [5.74, 6) is -0.856. The molecule has 2 aromatic rings. The molecule has 6 nitrogen and oxygen atoms in total. The zero-order valence-corrected chi connectivity index (χ0v) is 12.3.